The second kappa shape index (κ2) is 8.81. The second-order valence-corrected chi connectivity index (χ2v) is 6.98. The molecule has 0 unspecified atom stereocenters. The van der Waals surface area contributed by atoms with Crippen LogP contribution in [0.4, 0.5) is 0 Å². The Kier molecular flexibility index (Phi) is 7.41. The minimum absolute atomic E-state index is 0.0277. The Morgan fingerprint density at radius 1 is 1.43 bits per heavy atom. The van der Waals surface area contributed by atoms with Crippen molar-refractivity contribution in [2.75, 3.05) is 18.6 Å². The first kappa shape index (κ1) is 17.7. The molecule has 21 heavy (non-hydrogen) atoms. The molecule has 0 aromatic carbocycles. The lowest BCUT2D eigenvalue weighted by molar-refractivity contribution is -0.131. The van der Waals surface area contributed by atoms with E-state index in [2.05, 4.69) is 9.71 Å². The Morgan fingerprint density at radius 3 is 2.86 bits per heavy atom. The fourth-order valence-electron chi connectivity index (χ4n) is 1.50. The topological polar surface area (TPSA) is 96.4 Å². The fourth-order valence-corrected chi connectivity index (χ4v) is 3.07. The third-order valence-electron chi connectivity index (χ3n) is 2.53. The van der Waals surface area contributed by atoms with E-state index in [1.807, 2.05) is 6.26 Å². The maximum Gasteiger partial charge on any atom is 0.328 e. The first-order valence-corrected chi connectivity index (χ1v) is 9.18. The summed E-state index contributed by atoms with van der Waals surface area (Å²) in [6.45, 7) is 0.373. The molecule has 0 amide bonds. The molecule has 1 aromatic heterocycles. The van der Waals surface area contributed by atoms with Gasteiger partial charge < -0.3 is 5.11 Å². The van der Waals surface area contributed by atoms with Gasteiger partial charge in [0.2, 0.25) is 10.0 Å². The molecule has 0 saturated carbocycles. The van der Waals surface area contributed by atoms with Gasteiger partial charge in [0.1, 0.15) is 4.90 Å². The Hall–Kier alpha value is -1.38. The number of rotatable bonds is 9. The molecule has 1 heterocycles. The lowest BCUT2D eigenvalue weighted by atomic mass is 10.2. The zero-order valence-corrected chi connectivity index (χ0v) is 13.3. The quantitative estimate of drug-likeness (QED) is 0.527. The van der Waals surface area contributed by atoms with Gasteiger partial charge in [0.15, 0.2) is 0 Å². The van der Waals surface area contributed by atoms with Crippen LogP contribution in [-0.4, -0.2) is 43.0 Å². The van der Waals surface area contributed by atoms with Crippen LogP contribution in [0.3, 0.4) is 0 Å². The van der Waals surface area contributed by atoms with Crippen molar-refractivity contribution >= 4 is 33.8 Å². The Labute approximate surface area is 128 Å². The van der Waals surface area contributed by atoms with E-state index in [0.717, 1.165) is 24.7 Å². The van der Waals surface area contributed by atoms with Crippen molar-refractivity contribution in [3.63, 3.8) is 0 Å². The third-order valence-corrected chi connectivity index (χ3v) is 4.66. The minimum atomic E-state index is -3.61. The summed E-state index contributed by atoms with van der Waals surface area (Å²) in [6.07, 6.45) is 8.59. The molecule has 1 aromatic rings. The lowest BCUT2D eigenvalue weighted by Gasteiger charge is -2.06. The van der Waals surface area contributed by atoms with Gasteiger partial charge in [0.05, 0.1) is 0 Å². The molecular formula is C13H18N2O4S2. The summed E-state index contributed by atoms with van der Waals surface area (Å²) >= 11 is 1.72. The standard InChI is InChI=1S/C13H18N2O4S2/c1-20-7-3-2-6-15-21(18,19)12-8-11(9-14-10-12)4-5-13(16)17/h4-5,8-10,15H,2-3,6-7H2,1H3,(H,16,17)/b5-4+. The maximum absolute atomic E-state index is 12.1. The molecule has 0 saturated heterocycles. The van der Waals surface area contributed by atoms with Crippen molar-refractivity contribution in [1.29, 1.82) is 0 Å². The Morgan fingerprint density at radius 2 is 2.19 bits per heavy atom. The maximum atomic E-state index is 12.1. The van der Waals surface area contributed by atoms with E-state index >= 15 is 0 Å². The highest BCUT2D eigenvalue weighted by Crippen LogP contribution is 2.11. The summed E-state index contributed by atoms with van der Waals surface area (Å²) in [5.74, 6) is -0.103. The van der Waals surface area contributed by atoms with Crippen LogP contribution in [0.15, 0.2) is 29.4 Å². The number of carboxylic acid groups (broad SMARTS) is 1. The molecular weight excluding hydrogens is 312 g/mol. The number of aromatic nitrogens is 1. The van der Waals surface area contributed by atoms with Gasteiger partial charge in [0.25, 0.3) is 0 Å². The first-order valence-electron chi connectivity index (χ1n) is 6.30. The van der Waals surface area contributed by atoms with Crippen LogP contribution < -0.4 is 4.72 Å². The van der Waals surface area contributed by atoms with E-state index in [1.54, 1.807) is 11.8 Å². The Bertz CT molecular complexity index is 600. The highest BCUT2D eigenvalue weighted by atomic mass is 32.2. The average Bonchev–Trinajstić information content (AvgIpc) is 2.45. The summed E-state index contributed by atoms with van der Waals surface area (Å²) in [4.78, 5) is 14.3. The van der Waals surface area contributed by atoms with Crippen molar-refractivity contribution in [3.8, 4) is 0 Å². The predicted octanol–water partition coefficient (Wildman–Crippen LogP) is 1.60. The number of carboxylic acids is 1. The number of nitrogens with zero attached hydrogens (tertiary/aromatic N) is 1. The molecule has 116 valence electrons. The van der Waals surface area contributed by atoms with E-state index in [1.165, 1.54) is 24.5 Å². The molecule has 0 radical (unpaired) electrons. The highest BCUT2D eigenvalue weighted by Gasteiger charge is 2.13. The number of aliphatic carboxylic acids is 1. The van der Waals surface area contributed by atoms with Crippen molar-refractivity contribution in [3.05, 3.63) is 30.1 Å². The molecule has 8 heteroatoms. The number of nitrogens with one attached hydrogen (secondary N) is 1. The number of sulfonamides is 1. The lowest BCUT2D eigenvalue weighted by Crippen LogP contribution is -2.25. The average molecular weight is 330 g/mol. The normalized spacial score (nSPS) is 11.9. The van der Waals surface area contributed by atoms with Crippen molar-refractivity contribution in [1.82, 2.24) is 9.71 Å². The molecule has 0 bridgehead atoms. The molecule has 0 aliphatic heterocycles. The molecule has 0 fully saturated rings. The fraction of sp³-hybridized carbons (Fsp3) is 0.385. The molecule has 0 spiro atoms. The van der Waals surface area contributed by atoms with Crippen LogP contribution >= 0.6 is 11.8 Å². The summed E-state index contributed by atoms with van der Waals surface area (Å²) in [7, 11) is -3.61. The van der Waals surface area contributed by atoms with Crippen molar-refractivity contribution in [2.45, 2.75) is 17.7 Å². The SMILES string of the molecule is CSCCCCNS(=O)(=O)c1cncc(/C=C/C(=O)O)c1. The minimum Gasteiger partial charge on any atom is -0.478 e. The molecule has 0 aliphatic carbocycles. The van der Waals surface area contributed by atoms with Crippen LogP contribution in [-0.2, 0) is 14.8 Å². The van der Waals surface area contributed by atoms with Gasteiger partial charge in [-0.1, -0.05) is 0 Å². The largest absolute Gasteiger partial charge is 0.478 e. The smallest absolute Gasteiger partial charge is 0.328 e. The van der Waals surface area contributed by atoms with Crippen molar-refractivity contribution in [2.24, 2.45) is 0 Å². The number of hydrogen-bond donors (Lipinski definition) is 2. The Balaban J connectivity index is 2.70. The van der Waals surface area contributed by atoms with Gasteiger partial charge in [-0.3, -0.25) is 4.98 Å². The molecule has 1 rings (SSSR count). The van der Waals surface area contributed by atoms with E-state index in [-0.39, 0.29) is 4.90 Å². The number of pyridine rings is 1. The third kappa shape index (κ3) is 6.74. The zero-order valence-electron chi connectivity index (χ0n) is 11.7. The monoisotopic (exact) mass is 330 g/mol. The van der Waals surface area contributed by atoms with Crippen LogP contribution in [0.25, 0.3) is 6.08 Å². The number of thioether (sulfide) groups is 1. The molecule has 6 nitrogen and oxygen atoms in total. The van der Waals surface area contributed by atoms with E-state index < -0.39 is 16.0 Å². The van der Waals surface area contributed by atoms with Crippen LogP contribution in [0.2, 0.25) is 0 Å². The van der Waals surface area contributed by atoms with E-state index in [4.69, 9.17) is 5.11 Å². The number of hydrogen-bond acceptors (Lipinski definition) is 5. The van der Waals surface area contributed by atoms with Gasteiger partial charge in [-0.15, -0.1) is 0 Å². The molecule has 2 N–H and O–H groups in total. The summed E-state index contributed by atoms with van der Waals surface area (Å²) in [6, 6.07) is 1.39. The van der Waals surface area contributed by atoms with Gasteiger partial charge in [-0.2, -0.15) is 11.8 Å². The first-order chi connectivity index (χ1) is 9.95. The zero-order chi connectivity index (χ0) is 15.7. The van der Waals surface area contributed by atoms with Gasteiger partial charge in [-0.25, -0.2) is 17.9 Å². The number of carbonyl (C=O) groups is 1. The van der Waals surface area contributed by atoms with Gasteiger partial charge >= 0.3 is 5.97 Å². The predicted molar refractivity (Wildman–Crippen MR) is 83.7 cm³/mol. The van der Waals surface area contributed by atoms with Gasteiger partial charge in [-0.05, 0) is 42.6 Å². The van der Waals surface area contributed by atoms with Crippen LogP contribution in [0, 0.1) is 0 Å². The second-order valence-electron chi connectivity index (χ2n) is 4.22. The molecule has 0 atom stereocenters. The summed E-state index contributed by atoms with van der Waals surface area (Å²) in [5, 5.41) is 8.55. The van der Waals surface area contributed by atoms with Gasteiger partial charge in [0, 0.05) is 25.0 Å². The number of unbranched alkanes of at least 4 members (excludes halogenated alkanes) is 1. The van der Waals surface area contributed by atoms with Crippen LogP contribution in [0.1, 0.15) is 18.4 Å². The molecule has 0 aliphatic rings. The highest BCUT2D eigenvalue weighted by molar-refractivity contribution is 7.98. The summed E-state index contributed by atoms with van der Waals surface area (Å²) in [5.41, 5.74) is 0.419. The summed E-state index contributed by atoms with van der Waals surface area (Å²) < 4.78 is 26.6. The van der Waals surface area contributed by atoms with E-state index in [0.29, 0.717) is 12.1 Å². The van der Waals surface area contributed by atoms with Crippen LogP contribution in [0.5, 0.6) is 0 Å². The van der Waals surface area contributed by atoms with Crippen molar-refractivity contribution < 1.29 is 18.3 Å². The van der Waals surface area contributed by atoms with E-state index in [9.17, 15) is 13.2 Å².